The maximum atomic E-state index is 13.7. The van der Waals surface area contributed by atoms with E-state index in [-0.39, 0.29) is 5.82 Å². The number of nitrogens with one attached hydrogen (secondary N) is 1. The van der Waals surface area contributed by atoms with E-state index < -0.39 is 23.1 Å². The summed E-state index contributed by atoms with van der Waals surface area (Å²) >= 11 is 0. The molecule has 1 fully saturated rings. The quantitative estimate of drug-likeness (QED) is 0.858. The van der Waals surface area contributed by atoms with Crippen molar-refractivity contribution < 1.29 is 13.6 Å². The maximum absolute atomic E-state index is 13.7. The van der Waals surface area contributed by atoms with Gasteiger partial charge in [0.25, 0.3) is 5.91 Å². The lowest BCUT2D eigenvalue weighted by Gasteiger charge is -2.14. The second kappa shape index (κ2) is 5.76. The van der Waals surface area contributed by atoms with Crippen LogP contribution in [0.1, 0.15) is 48.5 Å². The van der Waals surface area contributed by atoms with E-state index in [4.69, 9.17) is 0 Å². The zero-order chi connectivity index (χ0) is 17.6. The number of carbonyl (C=O) groups excluding carboxylic acids is 1. The molecule has 2 aromatic rings. The molecule has 0 radical (unpaired) electrons. The molecule has 1 saturated carbocycles. The third kappa shape index (κ3) is 2.73. The van der Waals surface area contributed by atoms with Crippen molar-refractivity contribution in [2.45, 2.75) is 32.6 Å². The molecule has 5 heteroatoms. The molecule has 0 bridgehead atoms. The number of nitrogens with zero attached hydrogens (tertiary/aromatic N) is 1. The number of hydrogen-bond acceptors (Lipinski definition) is 2. The Kier molecular flexibility index (Phi) is 3.67. The fraction of sp³-hybridized carbons (Fsp3) is 0.300. The van der Waals surface area contributed by atoms with Crippen molar-refractivity contribution in [2.24, 2.45) is 5.41 Å². The van der Waals surface area contributed by atoms with Gasteiger partial charge in [-0.25, -0.2) is 13.8 Å². The highest BCUT2D eigenvalue weighted by molar-refractivity contribution is 6.04. The van der Waals surface area contributed by atoms with Gasteiger partial charge in [-0.05, 0) is 73.4 Å². The van der Waals surface area contributed by atoms with Gasteiger partial charge < -0.3 is 5.32 Å². The molecular formula is C20H18F2N2O. The van der Waals surface area contributed by atoms with Crippen LogP contribution >= 0.6 is 0 Å². The van der Waals surface area contributed by atoms with Crippen LogP contribution in [0.5, 0.6) is 0 Å². The third-order valence-electron chi connectivity index (χ3n) is 5.27. The van der Waals surface area contributed by atoms with Gasteiger partial charge in [0, 0.05) is 6.20 Å². The molecule has 1 aromatic carbocycles. The van der Waals surface area contributed by atoms with Gasteiger partial charge in [-0.2, -0.15) is 0 Å². The number of pyridine rings is 1. The van der Waals surface area contributed by atoms with Crippen LogP contribution in [-0.4, -0.2) is 10.9 Å². The first kappa shape index (κ1) is 15.9. The Balaban J connectivity index is 1.55. The minimum atomic E-state index is -0.892. The molecule has 128 valence electrons. The Hall–Kier alpha value is -2.56. The molecule has 1 N–H and O–H groups in total. The first-order valence-electron chi connectivity index (χ1n) is 8.42. The van der Waals surface area contributed by atoms with Crippen LogP contribution in [-0.2, 0) is 0 Å². The summed E-state index contributed by atoms with van der Waals surface area (Å²) in [5, 5.41) is 2.46. The van der Waals surface area contributed by atoms with Crippen molar-refractivity contribution in [3.63, 3.8) is 0 Å². The zero-order valence-electron chi connectivity index (χ0n) is 13.9. The number of benzene rings is 1. The van der Waals surface area contributed by atoms with Crippen LogP contribution in [0.2, 0.25) is 0 Å². The molecule has 3 nitrogen and oxygen atoms in total. The number of halogens is 2. The van der Waals surface area contributed by atoms with Crippen molar-refractivity contribution in [2.75, 3.05) is 5.32 Å². The predicted molar refractivity (Wildman–Crippen MR) is 92.0 cm³/mol. The first-order valence-corrected chi connectivity index (χ1v) is 8.42. The number of carbonyl (C=O) groups is 1. The number of rotatable bonds is 3. The van der Waals surface area contributed by atoms with Crippen LogP contribution < -0.4 is 5.32 Å². The zero-order valence-corrected chi connectivity index (χ0v) is 13.9. The summed E-state index contributed by atoms with van der Waals surface area (Å²) in [5.74, 6) is -2.35. The average Bonchev–Trinajstić information content (AvgIpc) is 3.27. The molecular weight excluding hydrogens is 322 g/mol. The average molecular weight is 340 g/mol. The number of amides is 1. The number of aromatic nitrogens is 1. The Labute approximate surface area is 144 Å². The fourth-order valence-electron chi connectivity index (χ4n) is 3.84. The van der Waals surface area contributed by atoms with Gasteiger partial charge in [0.15, 0.2) is 0 Å². The second-order valence-corrected chi connectivity index (χ2v) is 6.92. The van der Waals surface area contributed by atoms with E-state index in [0.717, 1.165) is 24.1 Å². The smallest absolute Gasteiger partial charge is 0.262 e. The van der Waals surface area contributed by atoms with E-state index in [0.29, 0.717) is 5.41 Å². The monoisotopic (exact) mass is 340 g/mol. The number of anilines is 1. The van der Waals surface area contributed by atoms with Crippen LogP contribution in [0.15, 0.2) is 42.1 Å². The predicted octanol–water partition coefficient (Wildman–Crippen LogP) is 4.96. The summed E-state index contributed by atoms with van der Waals surface area (Å²) in [6.07, 6.45) is 6.52. The maximum Gasteiger partial charge on any atom is 0.262 e. The molecule has 1 amide bonds. The van der Waals surface area contributed by atoms with E-state index in [1.54, 1.807) is 12.3 Å². The summed E-state index contributed by atoms with van der Waals surface area (Å²) in [6.45, 7) is 2.17. The molecule has 25 heavy (non-hydrogen) atoms. The first-order chi connectivity index (χ1) is 12.0. The highest BCUT2D eigenvalue weighted by Gasteiger charge is 2.49. The van der Waals surface area contributed by atoms with Gasteiger partial charge in [0.1, 0.15) is 23.0 Å². The normalized spacial score (nSPS) is 17.9. The summed E-state index contributed by atoms with van der Waals surface area (Å²) in [6, 6.07) is 6.93. The van der Waals surface area contributed by atoms with Gasteiger partial charge in [-0.15, -0.1) is 0 Å². The van der Waals surface area contributed by atoms with Crippen molar-refractivity contribution in [3.05, 3.63) is 64.9 Å². The molecule has 4 rings (SSSR count). The van der Waals surface area contributed by atoms with Crippen LogP contribution in [0.3, 0.4) is 0 Å². The molecule has 1 heterocycles. The second-order valence-electron chi connectivity index (χ2n) is 6.92. The summed E-state index contributed by atoms with van der Waals surface area (Å²) < 4.78 is 27.4. The van der Waals surface area contributed by atoms with Crippen LogP contribution in [0.25, 0.3) is 5.57 Å². The summed E-state index contributed by atoms with van der Waals surface area (Å²) in [4.78, 5) is 16.4. The molecule has 1 aromatic heterocycles. The number of hydrogen-bond donors (Lipinski definition) is 1. The fourth-order valence-corrected chi connectivity index (χ4v) is 3.84. The van der Waals surface area contributed by atoms with Gasteiger partial charge in [0.2, 0.25) is 0 Å². The number of allylic oxidation sites excluding steroid dienone is 2. The molecule has 1 spiro atoms. The van der Waals surface area contributed by atoms with Gasteiger partial charge in [-0.1, -0.05) is 11.6 Å². The van der Waals surface area contributed by atoms with E-state index in [9.17, 15) is 13.6 Å². The van der Waals surface area contributed by atoms with Gasteiger partial charge >= 0.3 is 0 Å². The Bertz CT molecular complexity index is 863. The van der Waals surface area contributed by atoms with Crippen LogP contribution in [0.4, 0.5) is 14.6 Å². The summed E-state index contributed by atoms with van der Waals surface area (Å²) in [5.41, 5.74) is 3.61. The van der Waals surface area contributed by atoms with Crippen molar-refractivity contribution in [1.29, 1.82) is 0 Å². The van der Waals surface area contributed by atoms with E-state index in [1.807, 2.05) is 6.07 Å². The molecule has 0 saturated heterocycles. The lowest BCUT2D eigenvalue weighted by Crippen LogP contribution is -2.16. The minimum absolute atomic E-state index is 0.275. The van der Waals surface area contributed by atoms with Crippen molar-refractivity contribution in [1.82, 2.24) is 4.98 Å². The molecule has 0 unspecified atom stereocenters. The highest BCUT2D eigenvalue weighted by Crippen LogP contribution is 2.63. The van der Waals surface area contributed by atoms with E-state index >= 15 is 0 Å². The largest absolute Gasteiger partial charge is 0.306 e. The third-order valence-corrected chi connectivity index (χ3v) is 5.27. The Morgan fingerprint density at radius 1 is 1.12 bits per heavy atom. The van der Waals surface area contributed by atoms with Crippen LogP contribution in [0, 0.1) is 17.0 Å². The molecule has 2 aliphatic rings. The van der Waals surface area contributed by atoms with Crippen molar-refractivity contribution in [3.8, 4) is 0 Å². The van der Waals surface area contributed by atoms with E-state index in [2.05, 4.69) is 17.2 Å². The van der Waals surface area contributed by atoms with Crippen molar-refractivity contribution >= 4 is 17.3 Å². The SMILES string of the molecule is CC1=C(c2ccc(NC(=O)c3c(F)cccc3F)nc2)C2(CC1)CC2. The highest BCUT2D eigenvalue weighted by atomic mass is 19.1. The summed E-state index contributed by atoms with van der Waals surface area (Å²) in [7, 11) is 0. The Morgan fingerprint density at radius 3 is 2.44 bits per heavy atom. The molecule has 0 aliphatic heterocycles. The van der Waals surface area contributed by atoms with E-state index in [1.165, 1.54) is 36.5 Å². The van der Waals surface area contributed by atoms with Gasteiger partial charge in [-0.3, -0.25) is 4.79 Å². The minimum Gasteiger partial charge on any atom is -0.306 e. The molecule has 2 aliphatic carbocycles. The molecule has 0 atom stereocenters. The lowest BCUT2D eigenvalue weighted by molar-refractivity contribution is 0.101. The van der Waals surface area contributed by atoms with Gasteiger partial charge in [0.05, 0.1) is 0 Å². The topological polar surface area (TPSA) is 42.0 Å². The Morgan fingerprint density at radius 2 is 1.84 bits per heavy atom. The standard InChI is InChI=1S/C20H18F2N2O/c1-12-7-8-20(9-10-20)18(12)13-5-6-16(23-11-13)24-19(25)17-14(21)3-2-4-15(17)22/h2-6,11H,7-10H2,1H3,(H,23,24,25). The lowest BCUT2D eigenvalue weighted by atomic mass is 9.92.